The van der Waals surface area contributed by atoms with Crippen LogP contribution >= 0.6 is 0 Å². The molecule has 2 aromatic rings. The second-order valence-corrected chi connectivity index (χ2v) is 10.0. The van der Waals surface area contributed by atoms with Crippen LogP contribution in [0.5, 0.6) is 0 Å². The van der Waals surface area contributed by atoms with Crippen LogP contribution < -0.4 is 5.32 Å². The van der Waals surface area contributed by atoms with Crippen molar-refractivity contribution in [3.63, 3.8) is 0 Å². The molecule has 1 aromatic carbocycles. The molecule has 1 fully saturated rings. The molecule has 1 atom stereocenters. The number of carbonyl (C=O) groups excluding carboxylic acids is 2. The molecule has 1 aromatic heterocycles. The van der Waals surface area contributed by atoms with Crippen molar-refractivity contribution in [2.24, 2.45) is 0 Å². The maximum Gasteiger partial charge on any atom is 0.276 e. The Labute approximate surface area is 186 Å². The summed E-state index contributed by atoms with van der Waals surface area (Å²) in [5.74, 6) is 0.0906. The first-order valence-corrected chi connectivity index (χ1v) is 11.3. The van der Waals surface area contributed by atoms with Gasteiger partial charge in [-0.15, -0.1) is 0 Å². The van der Waals surface area contributed by atoms with Gasteiger partial charge in [-0.05, 0) is 89.6 Å². The molecule has 1 aliphatic heterocycles. The van der Waals surface area contributed by atoms with Crippen LogP contribution in [0.4, 0.5) is 5.69 Å². The SMILES string of the molecule is Cc1cc(C(=O)N2CCCCC2C)ccc1NC(=O)c1cc(C(C)C)n(C(C)(C)C)n1. The van der Waals surface area contributed by atoms with Crippen LogP contribution in [0.15, 0.2) is 24.3 Å². The van der Waals surface area contributed by atoms with Crippen molar-refractivity contribution in [3.05, 3.63) is 46.8 Å². The Balaban J connectivity index is 1.79. The summed E-state index contributed by atoms with van der Waals surface area (Å²) in [6.45, 7) is 15.3. The summed E-state index contributed by atoms with van der Waals surface area (Å²) in [6.07, 6.45) is 3.29. The summed E-state index contributed by atoms with van der Waals surface area (Å²) in [4.78, 5) is 27.8. The number of aromatic nitrogens is 2. The molecule has 6 nitrogen and oxygen atoms in total. The Kier molecular flexibility index (Phi) is 6.58. The van der Waals surface area contributed by atoms with Gasteiger partial charge in [0.2, 0.25) is 0 Å². The van der Waals surface area contributed by atoms with Gasteiger partial charge in [-0.2, -0.15) is 5.10 Å². The summed E-state index contributed by atoms with van der Waals surface area (Å²) in [5, 5.41) is 7.56. The monoisotopic (exact) mass is 424 g/mol. The average molecular weight is 425 g/mol. The fraction of sp³-hybridized carbons (Fsp3) is 0.560. The Bertz CT molecular complexity index is 968. The summed E-state index contributed by atoms with van der Waals surface area (Å²) < 4.78 is 1.93. The normalized spacial score (nSPS) is 17.2. The van der Waals surface area contributed by atoms with E-state index in [-0.39, 0.29) is 29.3 Å². The van der Waals surface area contributed by atoms with Gasteiger partial charge in [-0.3, -0.25) is 14.3 Å². The zero-order valence-corrected chi connectivity index (χ0v) is 20.0. The van der Waals surface area contributed by atoms with E-state index < -0.39 is 0 Å². The first-order chi connectivity index (χ1) is 14.5. The third-order valence-corrected chi connectivity index (χ3v) is 5.98. The summed E-state index contributed by atoms with van der Waals surface area (Å²) in [5.41, 5.74) is 3.46. The largest absolute Gasteiger partial charge is 0.336 e. The number of hydrogen-bond donors (Lipinski definition) is 1. The highest BCUT2D eigenvalue weighted by molar-refractivity contribution is 6.04. The second kappa shape index (κ2) is 8.85. The lowest BCUT2D eigenvalue weighted by molar-refractivity contribution is 0.0635. The molecule has 0 spiro atoms. The fourth-order valence-corrected chi connectivity index (χ4v) is 4.14. The number of nitrogens with zero attached hydrogens (tertiary/aromatic N) is 3. The average Bonchev–Trinajstić information content (AvgIpc) is 3.16. The molecule has 1 unspecified atom stereocenters. The molecule has 1 N–H and O–H groups in total. The smallest absolute Gasteiger partial charge is 0.276 e. The molecule has 0 aliphatic carbocycles. The van der Waals surface area contributed by atoms with Gasteiger partial charge < -0.3 is 10.2 Å². The van der Waals surface area contributed by atoms with Crippen molar-refractivity contribution in [2.45, 2.75) is 85.2 Å². The Morgan fingerprint density at radius 2 is 1.87 bits per heavy atom. The van der Waals surface area contributed by atoms with Gasteiger partial charge in [0.05, 0.1) is 5.54 Å². The maximum absolute atomic E-state index is 12.9. The molecule has 0 saturated carbocycles. The van der Waals surface area contributed by atoms with Gasteiger partial charge in [-0.1, -0.05) is 13.8 Å². The van der Waals surface area contributed by atoms with Crippen LogP contribution in [0.2, 0.25) is 0 Å². The molecule has 6 heteroatoms. The van der Waals surface area contributed by atoms with Gasteiger partial charge in [0, 0.05) is 29.5 Å². The highest BCUT2D eigenvalue weighted by Crippen LogP contribution is 2.25. The number of carbonyl (C=O) groups is 2. The standard InChI is InChI=1S/C25H36N4O2/c1-16(2)22-15-21(27-29(22)25(5,6)7)23(30)26-20-12-11-19(14-17(20)3)24(31)28-13-9-8-10-18(28)4/h11-12,14-16,18H,8-10,13H2,1-7H3,(H,26,30). The van der Waals surface area contributed by atoms with Gasteiger partial charge in [-0.25, -0.2) is 0 Å². The number of piperidine rings is 1. The minimum absolute atomic E-state index is 0.0682. The lowest BCUT2D eigenvalue weighted by Crippen LogP contribution is -2.42. The third kappa shape index (κ3) is 5.00. The molecular weight excluding hydrogens is 388 g/mol. The number of amides is 2. The molecule has 31 heavy (non-hydrogen) atoms. The first kappa shape index (κ1) is 23.0. The summed E-state index contributed by atoms with van der Waals surface area (Å²) in [7, 11) is 0. The van der Waals surface area contributed by atoms with E-state index in [0.717, 1.165) is 30.6 Å². The highest BCUT2D eigenvalue weighted by atomic mass is 16.2. The van der Waals surface area contributed by atoms with Crippen molar-refractivity contribution < 1.29 is 9.59 Å². The van der Waals surface area contributed by atoms with E-state index in [1.807, 2.05) is 34.7 Å². The van der Waals surface area contributed by atoms with E-state index in [2.05, 4.69) is 52.0 Å². The van der Waals surface area contributed by atoms with Gasteiger partial charge in [0.25, 0.3) is 11.8 Å². The number of nitrogens with one attached hydrogen (secondary N) is 1. The van der Waals surface area contributed by atoms with E-state index in [4.69, 9.17) is 0 Å². The second-order valence-electron chi connectivity index (χ2n) is 10.0. The topological polar surface area (TPSA) is 67.2 Å². The van der Waals surface area contributed by atoms with Crippen molar-refractivity contribution >= 4 is 17.5 Å². The van der Waals surface area contributed by atoms with Crippen molar-refractivity contribution in [3.8, 4) is 0 Å². The zero-order chi connectivity index (χ0) is 22.9. The van der Waals surface area contributed by atoms with Crippen molar-refractivity contribution in [1.29, 1.82) is 0 Å². The molecule has 3 rings (SSSR count). The number of rotatable bonds is 4. The van der Waals surface area contributed by atoms with E-state index in [1.54, 1.807) is 6.07 Å². The Morgan fingerprint density at radius 1 is 1.16 bits per heavy atom. The molecule has 0 radical (unpaired) electrons. The van der Waals surface area contributed by atoms with Crippen LogP contribution in [0, 0.1) is 6.92 Å². The number of hydrogen-bond acceptors (Lipinski definition) is 3. The third-order valence-electron chi connectivity index (χ3n) is 5.98. The molecule has 0 bridgehead atoms. The van der Waals surface area contributed by atoms with Crippen molar-refractivity contribution in [1.82, 2.24) is 14.7 Å². The summed E-state index contributed by atoms with van der Waals surface area (Å²) in [6, 6.07) is 7.63. The minimum atomic E-state index is -0.239. The number of anilines is 1. The van der Waals surface area contributed by atoms with Gasteiger partial charge >= 0.3 is 0 Å². The number of aryl methyl sites for hydroxylation is 1. The van der Waals surface area contributed by atoms with E-state index in [1.165, 1.54) is 6.42 Å². The van der Waals surface area contributed by atoms with Crippen LogP contribution in [-0.4, -0.2) is 39.1 Å². The molecule has 168 valence electrons. The van der Waals surface area contributed by atoms with E-state index >= 15 is 0 Å². The molecule has 1 aliphatic rings. The lowest BCUT2D eigenvalue weighted by atomic mass is 10.0. The van der Waals surface area contributed by atoms with Crippen LogP contribution in [0.1, 0.15) is 98.8 Å². The zero-order valence-electron chi connectivity index (χ0n) is 20.0. The molecule has 2 amide bonds. The van der Waals surface area contributed by atoms with Crippen molar-refractivity contribution in [2.75, 3.05) is 11.9 Å². The predicted octanol–water partition coefficient (Wildman–Crippen LogP) is 5.34. The maximum atomic E-state index is 12.9. The fourth-order valence-electron chi connectivity index (χ4n) is 4.14. The molecular formula is C25H36N4O2. The molecule has 1 saturated heterocycles. The molecule has 2 heterocycles. The Morgan fingerprint density at radius 3 is 2.42 bits per heavy atom. The van der Waals surface area contributed by atoms with Crippen LogP contribution in [-0.2, 0) is 5.54 Å². The van der Waals surface area contributed by atoms with Gasteiger partial charge in [0.1, 0.15) is 0 Å². The Hall–Kier alpha value is -2.63. The number of likely N-dealkylation sites (tertiary alicyclic amines) is 1. The van der Waals surface area contributed by atoms with Gasteiger partial charge in [0.15, 0.2) is 5.69 Å². The highest BCUT2D eigenvalue weighted by Gasteiger charge is 2.26. The minimum Gasteiger partial charge on any atom is -0.336 e. The quantitative estimate of drug-likeness (QED) is 0.721. The lowest BCUT2D eigenvalue weighted by Gasteiger charge is -2.33. The van der Waals surface area contributed by atoms with Crippen LogP contribution in [0.3, 0.4) is 0 Å². The number of benzene rings is 1. The van der Waals surface area contributed by atoms with Crippen LogP contribution in [0.25, 0.3) is 0 Å². The van der Waals surface area contributed by atoms with E-state index in [9.17, 15) is 9.59 Å². The first-order valence-electron chi connectivity index (χ1n) is 11.3. The predicted molar refractivity (Wildman–Crippen MR) is 125 cm³/mol. The summed E-state index contributed by atoms with van der Waals surface area (Å²) >= 11 is 0. The van der Waals surface area contributed by atoms with E-state index in [0.29, 0.717) is 16.9 Å².